The number of urea groups is 1. The Bertz CT molecular complexity index is 594. The van der Waals surface area contributed by atoms with Crippen LogP contribution in [0.4, 0.5) is 9.18 Å². The predicted molar refractivity (Wildman–Crippen MR) is 85.6 cm³/mol. The molecular weight excluding hydrogens is 315 g/mol. The predicted octanol–water partition coefficient (Wildman–Crippen LogP) is 1.67. The largest absolute Gasteiger partial charge is 0.389 e. The van der Waals surface area contributed by atoms with Gasteiger partial charge in [-0.1, -0.05) is 32.0 Å². The number of halogens is 1. The number of nitrogens with zero attached hydrogens (tertiary/aromatic N) is 1. The molecule has 1 aliphatic rings. The van der Waals surface area contributed by atoms with E-state index >= 15 is 0 Å². The number of rotatable bonds is 8. The van der Waals surface area contributed by atoms with Crippen molar-refractivity contribution in [2.24, 2.45) is 5.92 Å². The third-order valence-corrected chi connectivity index (χ3v) is 3.73. The quantitative estimate of drug-likeness (QED) is 0.707. The number of imide groups is 1. The maximum Gasteiger partial charge on any atom is 0.324 e. The smallest absolute Gasteiger partial charge is 0.324 e. The highest BCUT2D eigenvalue weighted by Gasteiger charge is 2.38. The van der Waals surface area contributed by atoms with Crippen LogP contribution in [0.2, 0.25) is 0 Å². The molecule has 1 saturated heterocycles. The minimum absolute atomic E-state index is 0.0137. The molecule has 1 aliphatic heterocycles. The van der Waals surface area contributed by atoms with Crippen LogP contribution in [0.3, 0.4) is 0 Å². The molecule has 0 aromatic heterocycles. The van der Waals surface area contributed by atoms with E-state index in [9.17, 15) is 19.1 Å². The van der Waals surface area contributed by atoms with E-state index in [4.69, 9.17) is 4.74 Å². The molecule has 3 amide bonds. The lowest BCUT2D eigenvalue weighted by molar-refractivity contribution is -0.129. The summed E-state index contributed by atoms with van der Waals surface area (Å²) in [6.45, 7) is 3.71. The minimum Gasteiger partial charge on any atom is -0.389 e. The molecule has 24 heavy (non-hydrogen) atoms. The molecule has 7 heteroatoms. The molecule has 2 N–H and O–H groups in total. The molecule has 0 aliphatic carbocycles. The minimum atomic E-state index is -1.02. The maximum atomic E-state index is 13.4. The summed E-state index contributed by atoms with van der Waals surface area (Å²) in [5, 5.41) is 12.6. The van der Waals surface area contributed by atoms with Gasteiger partial charge in [0, 0.05) is 5.56 Å². The van der Waals surface area contributed by atoms with Crippen molar-refractivity contribution in [2.45, 2.75) is 39.0 Å². The summed E-state index contributed by atoms with van der Waals surface area (Å²) in [5.41, 5.74) is 0.386. The molecule has 1 aromatic rings. The lowest BCUT2D eigenvalue weighted by Gasteiger charge is -2.18. The molecule has 1 fully saturated rings. The highest BCUT2D eigenvalue weighted by Crippen LogP contribution is 2.15. The zero-order valence-electron chi connectivity index (χ0n) is 13.9. The number of carbonyl (C=O) groups excluding carboxylic acids is 2. The van der Waals surface area contributed by atoms with E-state index in [2.05, 4.69) is 5.32 Å². The fraction of sp³-hybridized carbons (Fsp3) is 0.529. The van der Waals surface area contributed by atoms with Crippen molar-refractivity contribution in [2.75, 3.05) is 13.2 Å². The number of hydrogen-bond acceptors (Lipinski definition) is 4. The van der Waals surface area contributed by atoms with Gasteiger partial charge in [0.15, 0.2) is 0 Å². The first kappa shape index (κ1) is 18.4. The van der Waals surface area contributed by atoms with Gasteiger partial charge in [-0.3, -0.25) is 9.69 Å². The van der Waals surface area contributed by atoms with Gasteiger partial charge in [0.2, 0.25) is 0 Å². The molecule has 1 heterocycles. The van der Waals surface area contributed by atoms with Crippen LogP contribution in [-0.4, -0.2) is 47.2 Å². The van der Waals surface area contributed by atoms with E-state index in [1.807, 2.05) is 13.8 Å². The number of benzene rings is 1. The summed E-state index contributed by atoms with van der Waals surface area (Å²) in [5.74, 6) is -0.437. The molecule has 1 aromatic carbocycles. The van der Waals surface area contributed by atoms with Crippen molar-refractivity contribution in [1.82, 2.24) is 10.2 Å². The Labute approximate surface area is 140 Å². The van der Waals surface area contributed by atoms with Gasteiger partial charge in [-0.2, -0.15) is 0 Å². The van der Waals surface area contributed by atoms with Gasteiger partial charge < -0.3 is 15.2 Å². The second-order valence-electron chi connectivity index (χ2n) is 6.34. The van der Waals surface area contributed by atoms with Crippen LogP contribution in [0, 0.1) is 11.7 Å². The van der Waals surface area contributed by atoms with Gasteiger partial charge in [0.1, 0.15) is 11.9 Å². The third-order valence-electron chi connectivity index (χ3n) is 3.73. The van der Waals surface area contributed by atoms with E-state index < -0.39 is 18.2 Å². The van der Waals surface area contributed by atoms with Gasteiger partial charge in [-0.05, 0) is 18.4 Å². The summed E-state index contributed by atoms with van der Waals surface area (Å²) in [6.07, 6.45) is -0.467. The standard InChI is InChI=1S/C17H23FN2O4/c1-11(2)7-15-16(22)20(17(23)19-15)8-13(21)10-24-9-12-5-3-4-6-14(12)18/h3-6,11,13,15,21H,7-10H2,1-2H3,(H,19,23). The van der Waals surface area contributed by atoms with Crippen molar-refractivity contribution in [3.05, 3.63) is 35.6 Å². The van der Waals surface area contributed by atoms with E-state index in [-0.39, 0.29) is 37.4 Å². The average Bonchev–Trinajstić information content (AvgIpc) is 2.76. The molecule has 2 unspecified atom stereocenters. The summed E-state index contributed by atoms with van der Waals surface area (Å²) >= 11 is 0. The highest BCUT2D eigenvalue weighted by molar-refractivity contribution is 6.04. The molecule has 132 valence electrons. The van der Waals surface area contributed by atoms with Gasteiger partial charge in [0.05, 0.1) is 25.9 Å². The summed E-state index contributed by atoms with van der Waals surface area (Å²) in [6, 6.07) is 5.16. The molecule has 0 saturated carbocycles. The van der Waals surface area contributed by atoms with Crippen LogP contribution in [-0.2, 0) is 16.1 Å². The molecule has 2 atom stereocenters. The summed E-state index contributed by atoms with van der Waals surface area (Å²) in [4.78, 5) is 25.0. The van der Waals surface area contributed by atoms with E-state index in [0.29, 0.717) is 12.0 Å². The van der Waals surface area contributed by atoms with Crippen molar-refractivity contribution in [3.63, 3.8) is 0 Å². The van der Waals surface area contributed by atoms with Crippen molar-refractivity contribution < 1.29 is 23.8 Å². The van der Waals surface area contributed by atoms with Crippen molar-refractivity contribution in [1.29, 1.82) is 0 Å². The van der Waals surface area contributed by atoms with Crippen LogP contribution >= 0.6 is 0 Å². The molecule has 0 spiro atoms. The van der Waals surface area contributed by atoms with Crippen LogP contribution in [0.15, 0.2) is 24.3 Å². The van der Waals surface area contributed by atoms with Gasteiger partial charge in [-0.25, -0.2) is 9.18 Å². The number of nitrogens with one attached hydrogen (secondary N) is 1. The Hall–Kier alpha value is -1.99. The Kier molecular flexibility index (Phi) is 6.28. The Morgan fingerprint density at radius 2 is 2.04 bits per heavy atom. The number of amides is 3. The molecular formula is C17H23FN2O4. The van der Waals surface area contributed by atoms with E-state index in [0.717, 1.165) is 4.90 Å². The number of ether oxygens (including phenoxy) is 1. The Morgan fingerprint density at radius 3 is 2.71 bits per heavy atom. The Balaban J connectivity index is 1.79. The number of hydrogen-bond donors (Lipinski definition) is 2. The number of β-amino-alcohol motifs (C(OH)–C–C–N with tert-alkyl or cyclic N) is 1. The monoisotopic (exact) mass is 338 g/mol. The van der Waals surface area contributed by atoms with Crippen LogP contribution in [0.1, 0.15) is 25.8 Å². The topological polar surface area (TPSA) is 78.9 Å². The molecule has 0 radical (unpaired) electrons. The summed E-state index contributed by atoms with van der Waals surface area (Å²) < 4.78 is 18.7. The van der Waals surface area contributed by atoms with Gasteiger partial charge in [-0.15, -0.1) is 0 Å². The van der Waals surface area contributed by atoms with Gasteiger partial charge >= 0.3 is 6.03 Å². The van der Waals surface area contributed by atoms with E-state index in [1.165, 1.54) is 6.07 Å². The molecule has 6 nitrogen and oxygen atoms in total. The zero-order valence-corrected chi connectivity index (χ0v) is 13.9. The third kappa shape index (κ3) is 4.75. The highest BCUT2D eigenvalue weighted by atomic mass is 19.1. The number of carbonyl (C=O) groups is 2. The maximum absolute atomic E-state index is 13.4. The molecule has 2 rings (SSSR count). The lowest BCUT2D eigenvalue weighted by atomic mass is 10.0. The van der Waals surface area contributed by atoms with Crippen LogP contribution < -0.4 is 5.32 Å². The normalized spacial score (nSPS) is 19.0. The first-order valence-electron chi connectivity index (χ1n) is 7.99. The van der Waals surface area contributed by atoms with Crippen molar-refractivity contribution >= 4 is 11.9 Å². The Morgan fingerprint density at radius 1 is 1.33 bits per heavy atom. The second-order valence-corrected chi connectivity index (χ2v) is 6.34. The van der Waals surface area contributed by atoms with E-state index in [1.54, 1.807) is 18.2 Å². The fourth-order valence-electron chi connectivity index (χ4n) is 2.56. The first-order valence-corrected chi connectivity index (χ1v) is 7.99. The van der Waals surface area contributed by atoms with Crippen LogP contribution in [0.25, 0.3) is 0 Å². The van der Waals surface area contributed by atoms with Crippen molar-refractivity contribution in [3.8, 4) is 0 Å². The molecule has 0 bridgehead atoms. The fourth-order valence-corrected chi connectivity index (χ4v) is 2.56. The zero-order chi connectivity index (χ0) is 17.7. The average molecular weight is 338 g/mol. The van der Waals surface area contributed by atoms with Crippen LogP contribution in [0.5, 0.6) is 0 Å². The number of aliphatic hydroxyl groups is 1. The first-order chi connectivity index (χ1) is 11.4. The SMILES string of the molecule is CC(C)CC1NC(=O)N(CC(O)COCc2ccccc2F)C1=O. The number of aliphatic hydroxyl groups excluding tert-OH is 1. The summed E-state index contributed by atoms with van der Waals surface area (Å²) in [7, 11) is 0. The van der Waals surface area contributed by atoms with Gasteiger partial charge in [0.25, 0.3) is 5.91 Å². The lowest BCUT2D eigenvalue weighted by Crippen LogP contribution is -2.39. The second kappa shape index (κ2) is 8.21.